The van der Waals surface area contributed by atoms with Crippen molar-refractivity contribution in [2.45, 2.75) is 23.9 Å². The minimum absolute atomic E-state index is 0.140. The molecule has 8 heteroatoms. The lowest BCUT2D eigenvalue weighted by molar-refractivity contribution is -0.135. The number of nitrogens with zero attached hydrogens (tertiary/aromatic N) is 1. The molecular weight excluding hydrogens is 281 g/mol. The van der Waals surface area contributed by atoms with E-state index < -0.39 is 22.6 Å². The molecular formula is C11H11F3N2O2S. The van der Waals surface area contributed by atoms with Crippen LogP contribution in [0.4, 0.5) is 13.2 Å². The summed E-state index contributed by atoms with van der Waals surface area (Å²) in [6.07, 6.45) is -5.68. The van der Waals surface area contributed by atoms with E-state index in [9.17, 15) is 21.6 Å². The maximum atomic E-state index is 11.9. The van der Waals surface area contributed by atoms with Crippen LogP contribution in [0.15, 0.2) is 29.2 Å². The van der Waals surface area contributed by atoms with Gasteiger partial charge in [0, 0.05) is 13.0 Å². The van der Waals surface area contributed by atoms with Gasteiger partial charge in [-0.05, 0) is 24.6 Å². The Hall–Kier alpha value is -1.59. The number of benzene rings is 1. The van der Waals surface area contributed by atoms with E-state index in [2.05, 4.69) is 4.72 Å². The fourth-order valence-corrected chi connectivity index (χ4v) is 2.43. The number of halogens is 3. The summed E-state index contributed by atoms with van der Waals surface area (Å²) in [5, 5.41) is 8.64. The highest BCUT2D eigenvalue weighted by molar-refractivity contribution is 7.89. The van der Waals surface area contributed by atoms with Crippen molar-refractivity contribution in [2.75, 3.05) is 6.54 Å². The molecule has 1 aromatic rings. The maximum absolute atomic E-state index is 11.9. The van der Waals surface area contributed by atoms with E-state index in [4.69, 9.17) is 5.26 Å². The van der Waals surface area contributed by atoms with E-state index in [0.717, 1.165) is 6.07 Å². The highest BCUT2D eigenvalue weighted by atomic mass is 32.2. The Labute approximate surface area is 108 Å². The summed E-state index contributed by atoms with van der Waals surface area (Å²) < 4.78 is 61.2. The molecule has 0 aliphatic rings. The minimum Gasteiger partial charge on any atom is -0.211 e. The average Bonchev–Trinajstić information content (AvgIpc) is 2.34. The second-order valence-electron chi connectivity index (χ2n) is 3.76. The van der Waals surface area contributed by atoms with Crippen LogP contribution in [0.5, 0.6) is 0 Å². The van der Waals surface area contributed by atoms with E-state index in [1.165, 1.54) is 18.2 Å². The summed E-state index contributed by atoms with van der Waals surface area (Å²) in [7, 11) is -3.88. The predicted octanol–water partition coefficient (Wildman–Crippen LogP) is 2.18. The van der Waals surface area contributed by atoms with E-state index in [1.807, 2.05) is 0 Å². The van der Waals surface area contributed by atoms with Gasteiger partial charge in [-0.2, -0.15) is 18.4 Å². The Balaban J connectivity index is 2.64. The first-order chi connectivity index (χ1) is 8.74. The third kappa shape index (κ3) is 5.28. The van der Waals surface area contributed by atoms with Gasteiger partial charge in [0.2, 0.25) is 10.0 Å². The van der Waals surface area contributed by atoms with E-state index in [1.54, 1.807) is 6.07 Å². The smallest absolute Gasteiger partial charge is 0.211 e. The fraction of sp³-hybridized carbons (Fsp3) is 0.364. The molecule has 1 rings (SSSR count). The van der Waals surface area contributed by atoms with Crippen LogP contribution in [0.1, 0.15) is 18.4 Å². The highest BCUT2D eigenvalue weighted by Gasteiger charge is 2.26. The number of hydrogen-bond donors (Lipinski definition) is 1. The van der Waals surface area contributed by atoms with Gasteiger partial charge in [-0.3, -0.25) is 0 Å². The van der Waals surface area contributed by atoms with Crippen LogP contribution in [0.3, 0.4) is 0 Å². The van der Waals surface area contributed by atoms with Crippen LogP contribution in [0, 0.1) is 11.3 Å². The van der Waals surface area contributed by atoms with Gasteiger partial charge < -0.3 is 0 Å². The molecule has 0 fully saturated rings. The van der Waals surface area contributed by atoms with Crippen LogP contribution in [0.25, 0.3) is 0 Å². The number of hydrogen-bond acceptors (Lipinski definition) is 3. The first kappa shape index (κ1) is 15.5. The third-order valence-electron chi connectivity index (χ3n) is 2.20. The summed E-state index contributed by atoms with van der Waals surface area (Å²) >= 11 is 0. The van der Waals surface area contributed by atoms with Crippen LogP contribution >= 0.6 is 0 Å². The van der Waals surface area contributed by atoms with E-state index >= 15 is 0 Å². The molecule has 0 saturated carbocycles. The van der Waals surface area contributed by atoms with Crippen molar-refractivity contribution in [3.8, 4) is 6.07 Å². The lowest BCUT2D eigenvalue weighted by Gasteiger charge is -2.08. The molecule has 0 radical (unpaired) electrons. The molecule has 1 aromatic carbocycles. The van der Waals surface area contributed by atoms with Crippen molar-refractivity contribution in [3.05, 3.63) is 29.8 Å². The Bertz CT molecular complexity index is 576. The summed E-state index contributed by atoms with van der Waals surface area (Å²) in [6, 6.07) is 7.04. The van der Waals surface area contributed by atoms with Gasteiger partial charge >= 0.3 is 6.18 Å². The third-order valence-corrected chi connectivity index (χ3v) is 3.66. The molecule has 104 valence electrons. The number of sulfonamides is 1. The highest BCUT2D eigenvalue weighted by Crippen LogP contribution is 2.21. The van der Waals surface area contributed by atoms with Crippen LogP contribution in [0.2, 0.25) is 0 Å². The van der Waals surface area contributed by atoms with Crippen molar-refractivity contribution in [3.63, 3.8) is 0 Å². The topological polar surface area (TPSA) is 70.0 Å². The zero-order valence-corrected chi connectivity index (χ0v) is 10.6. The molecule has 0 atom stereocenters. The SMILES string of the molecule is N#Cc1cccc(S(=O)(=O)NCCCC(F)(F)F)c1. The van der Waals surface area contributed by atoms with Gasteiger partial charge in [0.15, 0.2) is 0 Å². The summed E-state index contributed by atoms with van der Waals surface area (Å²) in [4.78, 5) is -0.140. The number of nitrogens with one attached hydrogen (secondary N) is 1. The zero-order chi connectivity index (χ0) is 14.5. The Morgan fingerprint density at radius 1 is 1.32 bits per heavy atom. The van der Waals surface area contributed by atoms with Crippen molar-refractivity contribution < 1.29 is 21.6 Å². The quantitative estimate of drug-likeness (QED) is 0.846. The second-order valence-corrected chi connectivity index (χ2v) is 5.52. The molecule has 0 saturated heterocycles. The normalized spacial score (nSPS) is 12.1. The largest absolute Gasteiger partial charge is 0.389 e. The fourth-order valence-electron chi connectivity index (χ4n) is 1.31. The summed E-state index contributed by atoms with van der Waals surface area (Å²) in [5.41, 5.74) is 0.165. The number of alkyl halides is 3. The minimum atomic E-state index is -4.30. The monoisotopic (exact) mass is 292 g/mol. The van der Waals surface area contributed by atoms with Gasteiger partial charge in [0.1, 0.15) is 0 Å². The molecule has 0 aliphatic carbocycles. The first-order valence-electron chi connectivity index (χ1n) is 5.31. The average molecular weight is 292 g/mol. The van der Waals surface area contributed by atoms with E-state index in [0.29, 0.717) is 0 Å². The Morgan fingerprint density at radius 2 is 2.00 bits per heavy atom. The molecule has 0 unspecified atom stereocenters. The van der Waals surface area contributed by atoms with Gasteiger partial charge in [-0.1, -0.05) is 6.07 Å². The summed E-state index contributed by atoms with van der Waals surface area (Å²) in [6.45, 7) is -0.307. The predicted molar refractivity (Wildman–Crippen MR) is 61.6 cm³/mol. The molecule has 0 spiro atoms. The van der Waals surface area contributed by atoms with Crippen molar-refractivity contribution in [1.82, 2.24) is 4.72 Å². The Morgan fingerprint density at radius 3 is 2.58 bits per heavy atom. The van der Waals surface area contributed by atoms with Gasteiger partial charge in [0.05, 0.1) is 16.5 Å². The lowest BCUT2D eigenvalue weighted by atomic mass is 10.2. The first-order valence-corrected chi connectivity index (χ1v) is 6.79. The second kappa shape index (κ2) is 6.04. The van der Waals surface area contributed by atoms with E-state index in [-0.39, 0.29) is 23.4 Å². The van der Waals surface area contributed by atoms with Crippen molar-refractivity contribution in [1.29, 1.82) is 5.26 Å². The van der Waals surface area contributed by atoms with Gasteiger partial charge in [-0.15, -0.1) is 0 Å². The summed E-state index contributed by atoms with van der Waals surface area (Å²) in [5.74, 6) is 0. The molecule has 0 aliphatic heterocycles. The molecule has 0 aromatic heterocycles. The molecule has 0 bridgehead atoms. The molecule has 4 nitrogen and oxygen atoms in total. The Kier molecular flexibility index (Phi) is 4.91. The van der Waals surface area contributed by atoms with Crippen molar-refractivity contribution >= 4 is 10.0 Å². The van der Waals surface area contributed by atoms with Crippen LogP contribution in [-0.2, 0) is 10.0 Å². The van der Waals surface area contributed by atoms with Gasteiger partial charge in [0.25, 0.3) is 0 Å². The lowest BCUT2D eigenvalue weighted by Crippen LogP contribution is -2.25. The molecule has 1 N–H and O–H groups in total. The van der Waals surface area contributed by atoms with Crippen molar-refractivity contribution in [2.24, 2.45) is 0 Å². The molecule has 19 heavy (non-hydrogen) atoms. The van der Waals surface area contributed by atoms with Crippen LogP contribution < -0.4 is 4.72 Å². The van der Waals surface area contributed by atoms with Crippen LogP contribution in [-0.4, -0.2) is 21.1 Å². The number of rotatable bonds is 5. The molecule has 0 heterocycles. The standard InChI is InChI=1S/C11H11F3N2O2S/c12-11(13,14)5-2-6-16-19(17,18)10-4-1-3-9(7-10)8-15/h1,3-4,7,16H,2,5-6H2. The zero-order valence-electron chi connectivity index (χ0n) is 9.74. The number of nitriles is 1. The van der Waals surface area contributed by atoms with Gasteiger partial charge in [-0.25, -0.2) is 13.1 Å². The maximum Gasteiger partial charge on any atom is 0.389 e. The molecule has 0 amide bonds.